The second-order valence-corrected chi connectivity index (χ2v) is 7.74. The highest BCUT2D eigenvalue weighted by Crippen LogP contribution is 2.28. The van der Waals surface area contributed by atoms with Gasteiger partial charge in [-0.2, -0.15) is 5.10 Å². The number of para-hydroxylation sites is 1. The molecule has 1 heterocycles. The van der Waals surface area contributed by atoms with Gasteiger partial charge in [-0.15, -0.1) is 0 Å². The summed E-state index contributed by atoms with van der Waals surface area (Å²) in [5.74, 6) is 1.22. The highest BCUT2D eigenvalue weighted by atomic mass is 16.5. The van der Waals surface area contributed by atoms with Crippen molar-refractivity contribution in [2.45, 2.75) is 38.6 Å². The summed E-state index contributed by atoms with van der Waals surface area (Å²) >= 11 is 0. The molecule has 0 unspecified atom stereocenters. The number of benzene rings is 2. The van der Waals surface area contributed by atoms with Gasteiger partial charge in [0.05, 0.1) is 18.4 Å². The highest BCUT2D eigenvalue weighted by Gasteiger charge is 2.26. The fourth-order valence-electron chi connectivity index (χ4n) is 3.99. The zero-order valence-electron chi connectivity index (χ0n) is 17.0. The first-order valence-corrected chi connectivity index (χ1v) is 10.3. The number of carbonyl (C=O) groups is 1. The summed E-state index contributed by atoms with van der Waals surface area (Å²) in [4.78, 5) is 13.2. The molecule has 1 fully saturated rings. The lowest BCUT2D eigenvalue weighted by atomic mass is 9.86. The van der Waals surface area contributed by atoms with E-state index < -0.39 is 0 Å². The smallest absolute Gasteiger partial charge is 0.255 e. The zero-order valence-corrected chi connectivity index (χ0v) is 17.0. The summed E-state index contributed by atoms with van der Waals surface area (Å²) < 4.78 is 7.04. The van der Waals surface area contributed by atoms with Crippen LogP contribution in [0.1, 0.15) is 43.0 Å². The summed E-state index contributed by atoms with van der Waals surface area (Å²) in [5, 5.41) is 8.02. The van der Waals surface area contributed by atoms with E-state index in [9.17, 15) is 4.79 Å². The van der Waals surface area contributed by atoms with Crippen molar-refractivity contribution in [3.63, 3.8) is 0 Å². The topological polar surface area (TPSA) is 56.2 Å². The standard InChI is InChI=1S/C24H27N3O2/c1-17-8-6-7-11-22(17)25-24(28)21-16-27(19-9-4-3-5-10-19)26-23(21)18-12-14-20(29-2)15-13-18/h3-5,9-10,12-17,22H,6-8,11H2,1-2H3,(H,25,28)/t17-,22-/m1/s1. The van der Waals surface area contributed by atoms with E-state index in [0.29, 0.717) is 17.2 Å². The fraction of sp³-hybridized carbons (Fsp3) is 0.333. The van der Waals surface area contributed by atoms with E-state index >= 15 is 0 Å². The van der Waals surface area contributed by atoms with Crippen LogP contribution in [0.25, 0.3) is 16.9 Å². The van der Waals surface area contributed by atoms with Gasteiger partial charge < -0.3 is 10.1 Å². The Bertz CT molecular complexity index is 964. The molecule has 0 bridgehead atoms. The number of nitrogens with one attached hydrogen (secondary N) is 1. The maximum atomic E-state index is 13.2. The fourth-order valence-corrected chi connectivity index (χ4v) is 3.99. The number of aromatic nitrogens is 2. The van der Waals surface area contributed by atoms with E-state index in [2.05, 4.69) is 12.2 Å². The van der Waals surface area contributed by atoms with Crippen LogP contribution in [0.2, 0.25) is 0 Å². The quantitative estimate of drug-likeness (QED) is 0.678. The number of hydrogen-bond donors (Lipinski definition) is 1. The monoisotopic (exact) mass is 389 g/mol. The molecule has 3 aromatic rings. The minimum absolute atomic E-state index is 0.0586. The average molecular weight is 389 g/mol. The van der Waals surface area contributed by atoms with Gasteiger partial charge in [0.25, 0.3) is 5.91 Å². The molecule has 5 heteroatoms. The van der Waals surface area contributed by atoms with Gasteiger partial charge in [-0.25, -0.2) is 4.68 Å². The Labute approximate surface area is 171 Å². The summed E-state index contributed by atoms with van der Waals surface area (Å²) in [7, 11) is 1.64. The normalized spacial score (nSPS) is 19.0. The molecule has 0 aliphatic heterocycles. The molecule has 150 valence electrons. The highest BCUT2D eigenvalue weighted by molar-refractivity contribution is 6.00. The lowest BCUT2D eigenvalue weighted by molar-refractivity contribution is 0.0911. The van der Waals surface area contributed by atoms with Crippen molar-refractivity contribution in [2.24, 2.45) is 5.92 Å². The van der Waals surface area contributed by atoms with Crippen LogP contribution in [0.3, 0.4) is 0 Å². The van der Waals surface area contributed by atoms with Crippen LogP contribution >= 0.6 is 0 Å². The van der Waals surface area contributed by atoms with E-state index in [1.807, 2.05) is 60.8 Å². The Morgan fingerprint density at radius 1 is 1.07 bits per heavy atom. The zero-order chi connectivity index (χ0) is 20.2. The van der Waals surface area contributed by atoms with E-state index in [-0.39, 0.29) is 11.9 Å². The van der Waals surface area contributed by atoms with Crippen molar-refractivity contribution in [3.8, 4) is 22.7 Å². The number of hydrogen-bond acceptors (Lipinski definition) is 3. The molecule has 4 rings (SSSR count). The predicted molar refractivity (Wildman–Crippen MR) is 114 cm³/mol. The SMILES string of the molecule is COc1ccc(-c2nn(-c3ccccc3)cc2C(=O)N[C@@H]2CCCC[C@H]2C)cc1. The van der Waals surface area contributed by atoms with E-state index in [0.717, 1.165) is 23.4 Å². The molecule has 1 N–H and O–H groups in total. The lowest BCUT2D eigenvalue weighted by Gasteiger charge is -2.29. The molecule has 1 aromatic heterocycles. The van der Waals surface area contributed by atoms with Crippen LogP contribution in [-0.2, 0) is 0 Å². The molecule has 0 saturated heterocycles. The Morgan fingerprint density at radius 2 is 1.79 bits per heavy atom. The van der Waals surface area contributed by atoms with Gasteiger partial charge in [0.15, 0.2) is 0 Å². The van der Waals surface area contributed by atoms with Crippen LogP contribution in [0.5, 0.6) is 5.75 Å². The molecule has 0 spiro atoms. The van der Waals surface area contributed by atoms with Gasteiger partial charge in [0, 0.05) is 17.8 Å². The number of methoxy groups -OCH3 is 1. The third-order valence-corrected chi connectivity index (χ3v) is 5.77. The van der Waals surface area contributed by atoms with Crippen molar-refractivity contribution >= 4 is 5.91 Å². The van der Waals surface area contributed by atoms with E-state index in [1.54, 1.807) is 11.8 Å². The molecule has 5 nitrogen and oxygen atoms in total. The Morgan fingerprint density at radius 3 is 2.48 bits per heavy atom. The molecular weight excluding hydrogens is 362 g/mol. The first-order valence-electron chi connectivity index (χ1n) is 10.3. The van der Waals surface area contributed by atoms with Gasteiger partial charge in [-0.05, 0) is 55.2 Å². The first kappa shape index (κ1) is 19.2. The van der Waals surface area contributed by atoms with E-state index in [4.69, 9.17) is 9.84 Å². The summed E-state index contributed by atoms with van der Waals surface area (Å²) in [6, 6.07) is 17.7. The van der Waals surface area contributed by atoms with Crippen LogP contribution < -0.4 is 10.1 Å². The number of rotatable bonds is 5. The largest absolute Gasteiger partial charge is 0.497 e. The first-order chi connectivity index (χ1) is 14.2. The van der Waals surface area contributed by atoms with Crippen LogP contribution in [-0.4, -0.2) is 28.8 Å². The third-order valence-electron chi connectivity index (χ3n) is 5.77. The van der Waals surface area contributed by atoms with Crippen LogP contribution in [0.15, 0.2) is 60.8 Å². The van der Waals surface area contributed by atoms with Crippen LogP contribution in [0.4, 0.5) is 0 Å². The predicted octanol–water partition coefficient (Wildman–Crippen LogP) is 4.86. The summed E-state index contributed by atoms with van der Waals surface area (Å²) in [5.41, 5.74) is 3.09. The van der Waals surface area contributed by atoms with E-state index in [1.165, 1.54) is 19.3 Å². The number of ether oxygens (including phenoxy) is 1. The molecule has 1 aliphatic carbocycles. The van der Waals surface area contributed by atoms with Crippen molar-refractivity contribution in [2.75, 3.05) is 7.11 Å². The maximum absolute atomic E-state index is 13.2. The van der Waals surface area contributed by atoms with Gasteiger partial charge in [-0.1, -0.05) is 38.0 Å². The lowest BCUT2D eigenvalue weighted by Crippen LogP contribution is -2.41. The van der Waals surface area contributed by atoms with Crippen molar-refractivity contribution in [3.05, 3.63) is 66.4 Å². The molecule has 1 saturated carbocycles. The van der Waals surface area contributed by atoms with Crippen molar-refractivity contribution in [1.82, 2.24) is 15.1 Å². The molecule has 0 radical (unpaired) electrons. The maximum Gasteiger partial charge on any atom is 0.255 e. The number of carbonyl (C=O) groups excluding carboxylic acids is 1. The Hall–Kier alpha value is -3.08. The molecule has 1 amide bonds. The molecular formula is C24H27N3O2. The second kappa shape index (κ2) is 8.52. The minimum atomic E-state index is -0.0586. The number of amides is 1. The van der Waals surface area contributed by atoms with Crippen LogP contribution in [0, 0.1) is 5.92 Å². The molecule has 2 aromatic carbocycles. The van der Waals surface area contributed by atoms with Gasteiger partial charge in [-0.3, -0.25) is 4.79 Å². The summed E-state index contributed by atoms with van der Waals surface area (Å²) in [6.45, 7) is 2.22. The molecule has 2 atom stereocenters. The van der Waals surface area contributed by atoms with Crippen molar-refractivity contribution in [1.29, 1.82) is 0 Å². The van der Waals surface area contributed by atoms with Gasteiger partial charge in [0.2, 0.25) is 0 Å². The van der Waals surface area contributed by atoms with Crippen molar-refractivity contribution < 1.29 is 9.53 Å². The molecule has 29 heavy (non-hydrogen) atoms. The number of nitrogens with zero attached hydrogens (tertiary/aromatic N) is 2. The Kier molecular flexibility index (Phi) is 5.65. The average Bonchev–Trinajstić information content (AvgIpc) is 3.22. The minimum Gasteiger partial charge on any atom is -0.497 e. The second-order valence-electron chi connectivity index (χ2n) is 7.74. The Balaban J connectivity index is 1.70. The molecule has 1 aliphatic rings. The summed E-state index contributed by atoms with van der Waals surface area (Å²) in [6.07, 6.45) is 6.45. The van der Waals surface area contributed by atoms with Gasteiger partial charge >= 0.3 is 0 Å². The van der Waals surface area contributed by atoms with Gasteiger partial charge in [0.1, 0.15) is 11.4 Å². The third kappa shape index (κ3) is 4.19.